The summed E-state index contributed by atoms with van der Waals surface area (Å²) in [4.78, 5) is 15.2. The quantitative estimate of drug-likeness (QED) is 0.863. The number of aryl methyl sites for hydroxylation is 1. The van der Waals surface area contributed by atoms with Crippen LogP contribution in [0.1, 0.15) is 37.9 Å². The SMILES string of the molecule is CCCC(C)NC(=O)Cc1c(C)[nH]c2ccc(F)cc12. The van der Waals surface area contributed by atoms with Crippen LogP contribution >= 0.6 is 0 Å². The van der Waals surface area contributed by atoms with E-state index >= 15 is 0 Å². The number of aromatic nitrogens is 1. The molecule has 2 aromatic rings. The molecule has 1 heterocycles. The Balaban J connectivity index is 2.18. The first kappa shape index (κ1) is 14.6. The van der Waals surface area contributed by atoms with Gasteiger partial charge in [0.25, 0.3) is 0 Å². The van der Waals surface area contributed by atoms with Crippen molar-refractivity contribution in [2.45, 2.75) is 46.1 Å². The van der Waals surface area contributed by atoms with Crippen molar-refractivity contribution in [1.29, 1.82) is 0 Å². The standard InChI is InChI=1S/C16H21FN2O/c1-4-5-10(2)18-16(20)9-13-11(3)19-15-7-6-12(17)8-14(13)15/h6-8,10,19H,4-5,9H2,1-3H3,(H,18,20). The van der Waals surface area contributed by atoms with Gasteiger partial charge in [-0.1, -0.05) is 13.3 Å². The van der Waals surface area contributed by atoms with E-state index in [1.807, 2.05) is 13.8 Å². The molecule has 2 rings (SSSR count). The average molecular weight is 276 g/mol. The van der Waals surface area contributed by atoms with Crippen LogP contribution in [0.25, 0.3) is 10.9 Å². The molecule has 4 heteroatoms. The minimum atomic E-state index is -0.280. The number of nitrogens with one attached hydrogen (secondary N) is 2. The van der Waals surface area contributed by atoms with E-state index in [4.69, 9.17) is 0 Å². The van der Waals surface area contributed by atoms with Crippen LogP contribution in [0.2, 0.25) is 0 Å². The lowest BCUT2D eigenvalue weighted by Gasteiger charge is -2.12. The molecule has 0 saturated carbocycles. The van der Waals surface area contributed by atoms with Gasteiger partial charge in [0.2, 0.25) is 5.91 Å². The van der Waals surface area contributed by atoms with Crippen LogP contribution in [0.4, 0.5) is 4.39 Å². The summed E-state index contributed by atoms with van der Waals surface area (Å²) >= 11 is 0. The van der Waals surface area contributed by atoms with Crippen LogP contribution in [0.5, 0.6) is 0 Å². The number of hydrogen-bond acceptors (Lipinski definition) is 1. The number of rotatable bonds is 5. The molecule has 3 nitrogen and oxygen atoms in total. The molecule has 0 fully saturated rings. The monoisotopic (exact) mass is 276 g/mol. The van der Waals surface area contributed by atoms with Crippen molar-refractivity contribution in [2.24, 2.45) is 0 Å². The summed E-state index contributed by atoms with van der Waals surface area (Å²) in [5.74, 6) is -0.295. The fourth-order valence-corrected chi connectivity index (χ4v) is 2.57. The van der Waals surface area contributed by atoms with Crippen LogP contribution in [0.15, 0.2) is 18.2 Å². The Labute approximate surface area is 118 Å². The van der Waals surface area contributed by atoms with E-state index in [0.29, 0.717) is 0 Å². The smallest absolute Gasteiger partial charge is 0.224 e. The molecule has 1 aromatic carbocycles. The maximum Gasteiger partial charge on any atom is 0.224 e. The number of aromatic amines is 1. The minimum Gasteiger partial charge on any atom is -0.358 e. The van der Waals surface area contributed by atoms with E-state index < -0.39 is 0 Å². The predicted octanol–water partition coefficient (Wildman–Crippen LogP) is 3.46. The third kappa shape index (κ3) is 3.18. The van der Waals surface area contributed by atoms with Crippen molar-refractivity contribution in [3.8, 4) is 0 Å². The van der Waals surface area contributed by atoms with Gasteiger partial charge < -0.3 is 10.3 Å². The second kappa shape index (κ2) is 6.07. The summed E-state index contributed by atoms with van der Waals surface area (Å²) in [5.41, 5.74) is 2.66. The van der Waals surface area contributed by atoms with E-state index in [9.17, 15) is 9.18 Å². The normalized spacial score (nSPS) is 12.6. The molecule has 0 spiro atoms. The molecule has 1 aromatic heterocycles. The number of halogens is 1. The highest BCUT2D eigenvalue weighted by Gasteiger charge is 2.14. The fourth-order valence-electron chi connectivity index (χ4n) is 2.57. The number of carbonyl (C=O) groups is 1. The van der Waals surface area contributed by atoms with Crippen molar-refractivity contribution in [2.75, 3.05) is 0 Å². The highest BCUT2D eigenvalue weighted by atomic mass is 19.1. The maximum absolute atomic E-state index is 13.4. The van der Waals surface area contributed by atoms with E-state index in [0.717, 1.165) is 35.0 Å². The second-order valence-corrected chi connectivity index (χ2v) is 5.35. The second-order valence-electron chi connectivity index (χ2n) is 5.35. The van der Waals surface area contributed by atoms with Crippen LogP contribution < -0.4 is 5.32 Å². The molecule has 1 atom stereocenters. The predicted molar refractivity (Wildman–Crippen MR) is 79.2 cm³/mol. The molecule has 0 bridgehead atoms. The van der Waals surface area contributed by atoms with Crippen molar-refractivity contribution in [3.05, 3.63) is 35.3 Å². The van der Waals surface area contributed by atoms with Gasteiger partial charge >= 0.3 is 0 Å². The first-order valence-electron chi connectivity index (χ1n) is 7.07. The number of fused-ring (bicyclic) bond motifs is 1. The zero-order chi connectivity index (χ0) is 14.7. The zero-order valence-electron chi connectivity index (χ0n) is 12.2. The Morgan fingerprint density at radius 2 is 2.20 bits per heavy atom. The Bertz CT molecular complexity index is 618. The molecule has 1 amide bonds. The van der Waals surface area contributed by atoms with E-state index in [-0.39, 0.29) is 24.2 Å². The van der Waals surface area contributed by atoms with Gasteiger partial charge in [-0.3, -0.25) is 4.79 Å². The van der Waals surface area contributed by atoms with Gasteiger partial charge in [-0.15, -0.1) is 0 Å². The molecule has 0 aliphatic carbocycles. The molecular weight excluding hydrogens is 255 g/mol. The van der Waals surface area contributed by atoms with Crippen molar-refractivity contribution < 1.29 is 9.18 Å². The molecule has 0 saturated heterocycles. The summed E-state index contributed by atoms with van der Waals surface area (Å²) < 4.78 is 13.4. The lowest BCUT2D eigenvalue weighted by atomic mass is 10.1. The fraction of sp³-hybridized carbons (Fsp3) is 0.438. The Kier molecular flexibility index (Phi) is 4.42. The van der Waals surface area contributed by atoms with Gasteiger partial charge in [-0.05, 0) is 44.0 Å². The lowest BCUT2D eigenvalue weighted by Crippen LogP contribution is -2.33. The number of benzene rings is 1. The third-order valence-electron chi connectivity index (χ3n) is 3.55. The van der Waals surface area contributed by atoms with Gasteiger partial charge in [-0.25, -0.2) is 4.39 Å². The summed E-state index contributed by atoms with van der Waals surface area (Å²) in [7, 11) is 0. The number of carbonyl (C=O) groups excluding carboxylic acids is 1. The molecule has 0 aliphatic heterocycles. The lowest BCUT2D eigenvalue weighted by molar-refractivity contribution is -0.121. The number of H-pyrrole nitrogens is 1. The Morgan fingerprint density at radius 1 is 1.45 bits per heavy atom. The van der Waals surface area contributed by atoms with Crippen molar-refractivity contribution in [1.82, 2.24) is 10.3 Å². The van der Waals surface area contributed by atoms with Crippen LogP contribution in [0.3, 0.4) is 0 Å². The maximum atomic E-state index is 13.4. The largest absolute Gasteiger partial charge is 0.358 e. The summed E-state index contributed by atoms with van der Waals surface area (Å²) in [6.07, 6.45) is 2.29. The summed E-state index contributed by atoms with van der Waals surface area (Å²) in [6, 6.07) is 4.79. The van der Waals surface area contributed by atoms with Crippen molar-refractivity contribution >= 4 is 16.8 Å². The van der Waals surface area contributed by atoms with Crippen LogP contribution in [-0.2, 0) is 11.2 Å². The van der Waals surface area contributed by atoms with Gasteiger partial charge in [0.1, 0.15) is 5.82 Å². The highest BCUT2D eigenvalue weighted by molar-refractivity contribution is 5.90. The van der Waals surface area contributed by atoms with Crippen LogP contribution in [0, 0.1) is 12.7 Å². The first-order valence-corrected chi connectivity index (χ1v) is 7.07. The van der Waals surface area contributed by atoms with Gasteiger partial charge in [-0.2, -0.15) is 0 Å². The topological polar surface area (TPSA) is 44.9 Å². The summed E-state index contributed by atoms with van der Waals surface area (Å²) in [5, 5.41) is 3.77. The molecule has 0 radical (unpaired) electrons. The van der Waals surface area contributed by atoms with E-state index in [1.54, 1.807) is 6.07 Å². The first-order chi connectivity index (χ1) is 9.51. The summed E-state index contributed by atoms with van der Waals surface area (Å²) in [6.45, 7) is 6.01. The molecular formula is C16H21FN2O. The molecule has 108 valence electrons. The molecule has 20 heavy (non-hydrogen) atoms. The van der Waals surface area contributed by atoms with Gasteiger partial charge in [0, 0.05) is 22.6 Å². The average Bonchev–Trinajstić information content (AvgIpc) is 2.66. The van der Waals surface area contributed by atoms with E-state index in [1.165, 1.54) is 12.1 Å². The zero-order valence-corrected chi connectivity index (χ0v) is 12.2. The number of amides is 1. The molecule has 2 N–H and O–H groups in total. The minimum absolute atomic E-state index is 0.0146. The Hall–Kier alpha value is -1.84. The highest BCUT2D eigenvalue weighted by Crippen LogP contribution is 2.23. The molecule has 1 unspecified atom stereocenters. The Morgan fingerprint density at radius 3 is 2.90 bits per heavy atom. The molecule has 0 aliphatic rings. The van der Waals surface area contributed by atoms with Gasteiger partial charge in [0.05, 0.1) is 6.42 Å². The van der Waals surface area contributed by atoms with Crippen LogP contribution in [-0.4, -0.2) is 16.9 Å². The van der Waals surface area contributed by atoms with E-state index in [2.05, 4.69) is 17.2 Å². The van der Waals surface area contributed by atoms with Gasteiger partial charge in [0.15, 0.2) is 0 Å². The van der Waals surface area contributed by atoms with Crippen molar-refractivity contribution in [3.63, 3.8) is 0 Å². The third-order valence-corrected chi connectivity index (χ3v) is 3.55. The number of hydrogen-bond donors (Lipinski definition) is 2.